The van der Waals surface area contributed by atoms with E-state index in [0.29, 0.717) is 0 Å². The van der Waals surface area contributed by atoms with Crippen molar-refractivity contribution >= 4 is 23.0 Å². The molecular weight excluding hydrogens is 263 g/mol. The monoisotopic (exact) mass is 276 g/mol. The van der Waals surface area contributed by atoms with Crippen LogP contribution in [0.4, 0.5) is 0 Å². The molecule has 0 saturated heterocycles. The van der Waals surface area contributed by atoms with Gasteiger partial charge in [-0.05, 0) is 23.1 Å². The number of hydrogen-bond acceptors (Lipinski definition) is 1. The molecule has 0 N–H and O–H groups in total. The molecule has 0 aromatic heterocycles. The van der Waals surface area contributed by atoms with E-state index in [0.717, 1.165) is 5.75 Å². The van der Waals surface area contributed by atoms with Gasteiger partial charge >= 0.3 is 0 Å². The smallest absolute Gasteiger partial charge is 0.192 e. The Morgan fingerprint density at radius 3 is 1.92 bits per heavy atom. The number of hydrogen-bond donors (Lipinski definition) is 0. The van der Waals surface area contributed by atoms with Gasteiger partial charge in [0.2, 0.25) is 0 Å². The highest BCUT2D eigenvalue weighted by Gasteiger charge is 2.12. The molecule has 0 spiro atoms. The fourth-order valence-electron chi connectivity index (χ4n) is 1.01. The van der Waals surface area contributed by atoms with Gasteiger partial charge in [-0.3, -0.25) is 0 Å². The Balaban J connectivity index is 2.93. The lowest BCUT2D eigenvalue weighted by Crippen LogP contribution is -2.10. The van der Waals surface area contributed by atoms with Gasteiger partial charge in [0.25, 0.3) is 0 Å². The fourth-order valence-corrected chi connectivity index (χ4v) is 1.30. The zero-order chi connectivity index (χ0) is 9.19. The summed E-state index contributed by atoms with van der Waals surface area (Å²) in [7, 11) is 0. The van der Waals surface area contributed by atoms with Crippen LogP contribution in [-0.2, 0) is 5.41 Å². The van der Waals surface area contributed by atoms with Gasteiger partial charge in [-0.1, -0.05) is 32.9 Å². The first-order chi connectivity index (χ1) is 5.54. The second-order valence-electron chi connectivity index (χ2n) is 3.85. The van der Waals surface area contributed by atoms with Crippen LogP contribution in [0.1, 0.15) is 26.3 Å². The minimum atomic E-state index is 0.226. The summed E-state index contributed by atoms with van der Waals surface area (Å²) in [5.74, 6) is 0.906. The molecule has 0 bridgehead atoms. The molecule has 0 aliphatic rings. The molecule has 66 valence electrons. The first-order valence-electron chi connectivity index (χ1n) is 3.93. The summed E-state index contributed by atoms with van der Waals surface area (Å²) >= 11 is 1.89. The minimum absolute atomic E-state index is 0.226. The molecule has 1 aromatic carbocycles. The van der Waals surface area contributed by atoms with Crippen LogP contribution in [0.2, 0.25) is 0 Å². The van der Waals surface area contributed by atoms with Gasteiger partial charge < -0.3 is 3.07 Å². The predicted molar refractivity (Wildman–Crippen MR) is 59.8 cm³/mol. The van der Waals surface area contributed by atoms with Crippen LogP contribution in [0.15, 0.2) is 24.3 Å². The molecular formula is C10H13IO. The van der Waals surface area contributed by atoms with Crippen molar-refractivity contribution in [2.45, 2.75) is 26.2 Å². The van der Waals surface area contributed by atoms with Gasteiger partial charge in [-0.25, -0.2) is 0 Å². The molecule has 0 heterocycles. The molecule has 0 amide bonds. The van der Waals surface area contributed by atoms with Crippen LogP contribution < -0.4 is 3.07 Å². The minimum Gasteiger partial charge on any atom is -0.428 e. The van der Waals surface area contributed by atoms with E-state index in [9.17, 15) is 0 Å². The van der Waals surface area contributed by atoms with Crippen molar-refractivity contribution in [3.63, 3.8) is 0 Å². The maximum absolute atomic E-state index is 5.05. The van der Waals surface area contributed by atoms with E-state index < -0.39 is 0 Å². The lowest BCUT2D eigenvalue weighted by atomic mass is 9.87. The summed E-state index contributed by atoms with van der Waals surface area (Å²) in [6.07, 6.45) is 0. The zero-order valence-corrected chi connectivity index (χ0v) is 9.75. The maximum Gasteiger partial charge on any atom is 0.192 e. The van der Waals surface area contributed by atoms with Crippen LogP contribution in [-0.4, -0.2) is 0 Å². The van der Waals surface area contributed by atoms with Crippen LogP contribution in [0.3, 0.4) is 0 Å². The molecule has 0 unspecified atom stereocenters. The maximum atomic E-state index is 5.05. The molecule has 0 aliphatic heterocycles. The Hall–Kier alpha value is -0.250. The van der Waals surface area contributed by atoms with Gasteiger partial charge in [0, 0.05) is 0 Å². The number of benzene rings is 1. The van der Waals surface area contributed by atoms with Gasteiger partial charge in [-0.15, -0.1) is 0 Å². The molecule has 0 saturated carbocycles. The topological polar surface area (TPSA) is 9.23 Å². The SMILES string of the molecule is CC(C)(C)c1ccc(OI)cc1. The highest BCUT2D eigenvalue weighted by Crippen LogP contribution is 2.24. The fraction of sp³-hybridized carbons (Fsp3) is 0.400. The Kier molecular flexibility index (Phi) is 2.99. The van der Waals surface area contributed by atoms with Gasteiger partial charge in [0.05, 0.1) is 0 Å². The normalized spacial score (nSPS) is 11.3. The van der Waals surface area contributed by atoms with E-state index >= 15 is 0 Å². The van der Waals surface area contributed by atoms with Gasteiger partial charge in [0.15, 0.2) is 23.0 Å². The van der Waals surface area contributed by atoms with E-state index in [4.69, 9.17) is 3.07 Å². The lowest BCUT2D eigenvalue weighted by molar-refractivity contribution is 0.589. The van der Waals surface area contributed by atoms with E-state index in [-0.39, 0.29) is 5.41 Å². The zero-order valence-electron chi connectivity index (χ0n) is 7.60. The standard InChI is InChI=1S/C10H13IO/c1-10(2,3)8-4-6-9(12-11)7-5-8/h4-7H,1-3H3. The molecule has 0 atom stereocenters. The van der Waals surface area contributed by atoms with Crippen molar-refractivity contribution < 1.29 is 3.07 Å². The summed E-state index contributed by atoms with van der Waals surface area (Å²) in [5.41, 5.74) is 1.56. The first kappa shape index (κ1) is 9.84. The first-order valence-corrected chi connectivity index (χ1v) is 4.81. The van der Waals surface area contributed by atoms with Gasteiger partial charge in [0.1, 0.15) is 5.75 Å². The number of rotatable bonds is 1. The van der Waals surface area contributed by atoms with E-state index in [2.05, 4.69) is 32.9 Å². The highest BCUT2D eigenvalue weighted by molar-refractivity contribution is 14.1. The van der Waals surface area contributed by atoms with Crippen molar-refractivity contribution in [1.29, 1.82) is 0 Å². The Morgan fingerprint density at radius 1 is 1.08 bits per heavy atom. The predicted octanol–water partition coefficient (Wildman–Crippen LogP) is 3.71. The Morgan fingerprint density at radius 2 is 1.58 bits per heavy atom. The van der Waals surface area contributed by atoms with E-state index in [1.807, 2.05) is 35.1 Å². The highest BCUT2D eigenvalue weighted by atomic mass is 127. The number of halogens is 1. The third-order valence-corrected chi connectivity index (χ3v) is 2.32. The summed E-state index contributed by atoms with van der Waals surface area (Å²) in [6, 6.07) is 8.20. The molecule has 0 aliphatic carbocycles. The van der Waals surface area contributed by atoms with Crippen LogP contribution >= 0.6 is 23.0 Å². The average molecular weight is 276 g/mol. The van der Waals surface area contributed by atoms with E-state index in [1.54, 1.807) is 0 Å². The van der Waals surface area contributed by atoms with Crippen molar-refractivity contribution in [2.75, 3.05) is 0 Å². The van der Waals surface area contributed by atoms with Crippen LogP contribution in [0.5, 0.6) is 5.75 Å². The summed E-state index contributed by atoms with van der Waals surface area (Å²) in [4.78, 5) is 0. The molecule has 12 heavy (non-hydrogen) atoms. The van der Waals surface area contributed by atoms with Crippen molar-refractivity contribution in [3.8, 4) is 5.75 Å². The Bertz CT molecular complexity index is 246. The second-order valence-corrected chi connectivity index (χ2v) is 4.29. The van der Waals surface area contributed by atoms with Crippen molar-refractivity contribution in [3.05, 3.63) is 29.8 Å². The summed E-state index contributed by atoms with van der Waals surface area (Å²) < 4.78 is 5.05. The van der Waals surface area contributed by atoms with Crippen LogP contribution in [0.25, 0.3) is 0 Å². The average Bonchev–Trinajstić information content (AvgIpc) is 2.03. The molecule has 2 heteroatoms. The lowest BCUT2D eigenvalue weighted by Gasteiger charge is -2.18. The molecule has 0 fully saturated rings. The molecule has 1 nitrogen and oxygen atoms in total. The summed E-state index contributed by atoms with van der Waals surface area (Å²) in [6.45, 7) is 6.60. The van der Waals surface area contributed by atoms with Gasteiger partial charge in [-0.2, -0.15) is 0 Å². The molecule has 1 aromatic rings. The quantitative estimate of drug-likeness (QED) is 0.710. The van der Waals surface area contributed by atoms with Crippen molar-refractivity contribution in [2.24, 2.45) is 0 Å². The third-order valence-electron chi connectivity index (χ3n) is 1.81. The Labute approximate surface area is 87.8 Å². The largest absolute Gasteiger partial charge is 0.428 e. The van der Waals surface area contributed by atoms with E-state index in [1.165, 1.54) is 5.56 Å². The molecule has 0 radical (unpaired) electrons. The third kappa shape index (κ3) is 2.37. The van der Waals surface area contributed by atoms with Crippen LogP contribution in [0, 0.1) is 0 Å². The second kappa shape index (κ2) is 3.64. The van der Waals surface area contributed by atoms with Crippen molar-refractivity contribution in [1.82, 2.24) is 0 Å². The summed E-state index contributed by atoms with van der Waals surface area (Å²) in [5, 5.41) is 0. The molecule has 1 rings (SSSR count).